The molecule has 0 bridgehead atoms. The van der Waals surface area contributed by atoms with Crippen LogP contribution in [0.3, 0.4) is 0 Å². The van der Waals surface area contributed by atoms with Gasteiger partial charge < -0.3 is 35.8 Å². The second-order valence-corrected chi connectivity index (χ2v) is 15.8. The summed E-state index contributed by atoms with van der Waals surface area (Å²) in [5.41, 5.74) is 1.75. The molecule has 0 unspecified atom stereocenters. The maximum absolute atomic E-state index is 12.4. The van der Waals surface area contributed by atoms with E-state index in [1.807, 2.05) is 115 Å². The van der Waals surface area contributed by atoms with Crippen molar-refractivity contribution < 1.29 is 33.8 Å². The first-order valence-corrected chi connectivity index (χ1v) is 19.5. The van der Waals surface area contributed by atoms with Gasteiger partial charge in [0, 0.05) is 15.9 Å². The zero-order valence-electron chi connectivity index (χ0n) is 29.9. The van der Waals surface area contributed by atoms with Crippen LogP contribution in [0.2, 0.25) is 0 Å². The topological polar surface area (TPSA) is 167 Å². The van der Waals surface area contributed by atoms with Gasteiger partial charge in [0.15, 0.2) is 0 Å². The standard InChI is InChI=1S/C30H28N3O3P.C12H14N2O4/c34-29-28(33-30(35)36-22-23-13-5-1-6-14-23)27(32-29)21-31-37(24-15-7-2-8-16-24,25-17-9-3-10-18-25)26-19-11-4-12-20-26;15-6-9-10(11(16)13-9)14-12(17)18-7-8-4-2-1-3-5-8/h1-20,27-28H,21-22H2,(H,32,34)(H,33,35);1-5,9-10,15H,6-7H2,(H,13,16)(H,14,17)/t27-,28+;9-,10+/m11/s1. The average Bonchev–Trinajstić information content (AvgIpc) is 3.24. The molecule has 7 rings (SSSR count). The van der Waals surface area contributed by atoms with Crippen molar-refractivity contribution in [3.05, 3.63) is 163 Å². The Morgan fingerprint density at radius 3 is 1.27 bits per heavy atom. The van der Waals surface area contributed by atoms with Gasteiger partial charge in [0.25, 0.3) is 0 Å². The van der Waals surface area contributed by atoms with Crippen LogP contribution in [0.1, 0.15) is 11.1 Å². The minimum absolute atomic E-state index is 0.140. The molecular weight excluding hydrogens is 717 g/mol. The summed E-state index contributed by atoms with van der Waals surface area (Å²) in [7, 11) is -2.39. The molecule has 0 saturated carbocycles. The van der Waals surface area contributed by atoms with Gasteiger partial charge in [0.05, 0.1) is 32.3 Å². The number of hydrogen-bond donors (Lipinski definition) is 5. The van der Waals surface area contributed by atoms with Crippen LogP contribution in [0.4, 0.5) is 9.59 Å². The van der Waals surface area contributed by atoms with E-state index in [0.29, 0.717) is 6.54 Å². The van der Waals surface area contributed by atoms with Gasteiger partial charge in [-0.25, -0.2) is 9.59 Å². The Balaban J connectivity index is 0.000000239. The Kier molecular flexibility index (Phi) is 13.1. The first-order valence-electron chi connectivity index (χ1n) is 17.8. The molecule has 2 saturated heterocycles. The SMILES string of the molecule is O=C(N[C@@H]1C(=O)N[C@@H]1CN=P(c1ccccc1)(c1ccccc1)c1ccccc1)OCc1ccccc1.O=C(N[C@@H]1C(=O)N[C@@H]1CO)OCc1ccccc1. The van der Waals surface area contributed by atoms with Gasteiger partial charge in [-0.05, 0) is 11.1 Å². The molecule has 5 N–H and O–H groups in total. The summed E-state index contributed by atoms with van der Waals surface area (Å²) in [6.45, 7) is 0.419. The lowest BCUT2D eigenvalue weighted by atomic mass is 10.00. The predicted molar refractivity (Wildman–Crippen MR) is 210 cm³/mol. The fourth-order valence-electron chi connectivity index (χ4n) is 6.14. The zero-order valence-corrected chi connectivity index (χ0v) is 30.8. The lowest BCUT2D eigenvalue weighted by Gasteiger charge is -2.37. The van der Waals surface area contributed by atoms with E-state index in [4.69, 9.17) is 19.3 Å². The van der Waals surface area contributed by atoms with Gasteiger partial charge >= 0.3 is 12.2 Å². The quantitative estimate of drug-likeness (QED) is 0.0955. The smallest absolute Gasteiger partial charge is 0.408 e. The van der Waals surface area contributed by atoms with Crippen LogP contribution in [-0.4, -0.2) is 66.4 Å². The summed E-state index contributed by atoms with van der Waals surface area (Å²) < 4.78 is 15.7. The summed E-state index contributed by atoms with van der Waals surface area (Å²) in [5, 5.41) is 22.8. The maximum atomic E-state index is 12.4. The minimum atomic E-state index is -2.39. The summed E-state index contributed by atoms with van der Waals surface area (Å²) in [5.74, 6) is -0.550. The molecule has 12 nitrogen and oxygen atoms in total. The maximum Gasteiger partial charge on any atom is 0.408 e. The number of aliphatic hydroxyl groups excluding tert-OH is 1. The number of nitrogens with one attached hydrogen (secondary N) is 4. The second-order valence-electron chi connectivity index (χ2n) is 12.7. The van der Waals surface area contributed by atoms with Gasteiger partial charge in [0.2, 0.25) is 11.8 Å². The van der Waals surface area contributed by atoms with Crippen molar-refractivity contribution in [1.82, 2.24) is 21.3 Å². The number of hydrogen-bond acceptors (Lipinski definition) is 8. The van der Waals surface area contributed by atoms with Crippen molar-refractivity contribution in [2.75, 3.05) is 13.2 Å². The van der Waals surface area contributed by atoms with Gasteiger partial charge in [-0.15, -0.1) is 0 Å². The van der Waals surface area contributed by atoms with Crippen LogP contribution in [0.25, 0.3) is 0 Å². The zero-order chi connectivity index (χ0) is 38.5. The van der Waals surface area contributed by atoms with Crippen molar-refractivity contribution in [2.24, 2.45) is 4.74 Å². The van der Waals surface area contributed by atoms with Crippen molar-refractivity contribution >= 4 is 47.0 Å². The van der Waals surface area contributed by atoms with Crippen molar-refractivity contribution in [3.63, 3.8) is 0 Å². The van der Waals surface area contributed by atoms with E-state index in [1.54, 1.807) is 0 Å². The molecule has 282 valence electrons. The molecule has 4 atom stereocenters. The number of aliphatic hydroxyl groups is 1. The van der Waals surface area contributed by atoms with Crippen molar-refractivity contribution in [1.29, 1.82) is 0 Å². The number of β-lactam (4-membered cyclic amide) rings is 2. The second kappa shape index (κ2) is 18.7. The summed E-state index contributed by atoms with van der Waals surface area (Å²) >= 11 is 0. The van der Waals surface area contributed by atoms with Crippen molar-refractivity contribution in [2.45, 2.75) is 37.4 Å². The molecule has 55 heavy (non-hydrogen) atoms. The average molecular weight is 760 g/mol. The first kappa shape index (κ1) is 38.5. The highest BCUT2D eigenvalue weighted by molar-refractivity contribution is 7.87. The minimum Gasteiger partial charge on any atom is -0.445 e. The van der Waals surface area contributed by atoms with Crippen LogP contribution in [0.5, 0.6) is 0 Å². The number of amides is 4. The molecule has 2 aliphatic rings. The molecule has 2 heterocycles. The number of rotatable bonds is 12. The van der Waals surface area contributed by atoms with E-state index in [9.17, 15) is 19.2 Å². The van der Waals surface area contributed by atoms with Crippen LogP contribution in [0, 0.1) is 0 Å². The predicted octanol–water partition coefficient (Wildman–Crippen LogP) is 3.73. The summed E-state index contributed by atoms with van der Waals surface area (Å²) in [6.07, 6.45) is -1.29. The summed E-state index contributed by atoms with van der Waals surface area (Å²) in [6, 6.07) is 47.4. The van der Waals surface area contributed by atoms with Gasteiger partial charge in [-0.3, -0.25) is 14.3 Å². The largest absolute Gasteiger partial charge is 0.445 e. The molecule has 0 aromatic heterocycles. The fourth-order valence-corrected chi connectivity index (χ4v) is 9.75. The third kappa shape index (κ3) is 9.66. The van der Waals surface area contributed by atoms with Crippen LogP contribution < -0.4 is 37.2 Å². The van der Waals surface area contributed by atoms with E-state index in [2.05, 4.69) is 57.7 Å². The van der Waals surface area contributed by atoms with Gasteiger partial charge in [-0.2, -0.15) is 0 Å². The number of benzene rings is 5. The van der Waals surface area contributed by atoms with E-state index in [1.165, 1.54) is 0 Å². The molecule has 0 spiro atoms. The molecule has 5 aromatic rings. The van der Waals surface area contributed by atoms with E-state index < -0.39 is 37.4 Å². The molecule has 2 aliphatic heterocycles. The third-order valence-corrected chi connectivity index (χ3v) is 12.8. The lowest BCUT2D eigenvalue weighted by molar-refractivity contribution is -0.133. The van der Waals surface area contributed by atoms with Crippen LogP contribution in [0.15, 0.2) is 156 Å². The number of ether oxygens (including phenoxy) is 2. The number of carbonyl (C=O) groups excluding carboxylic acids is 4. The molecule has 13 heteroatoms. The molecule has 5 aromatic carbocycles. The Labute approximate surface area is 319 Å². The first-order chi connectivity index (χ1) is 26.9. The summed E-state index contributed by atoms with van der Waals surface area (Å²) in [4.78, 5) is 47.4. The van der Waals surface area contributed by atoms with E-state index in [-0.39, 0.29) is 37.7 Å². The number of alkyl carbamates (subject to hydrolysis) is 2. The van der Waals surface area contributed by atoms with Gasteiger partial charge in [0.1, 0.15) is 25.3 Å². The Hall–Kier alpha value is -6.23. The third-order valence-electron chi connectivity index (χ3n) is 9.07. The number of nitrogens with zero attached hydrogens (tertiary/aromatic N) is 1. The van der Waals surface area contributed by atoms with E-state index >= 15 is 0 Å². The highest BCUT2D eigenvalue weighted by Gasteiger charge is 2.42. The Morgan fingerprint density at radius 1 is 0.564 bits per heavy atom. The molecule has 4 amide bonds. The normalized spacial score (nSPS) is 18.3. The Bertz CT molecular complexity index is 1990. The number of carbonyl (C=O) groups is 4. The Morgan fingerprint density at radius 2 is 0.909 bits per heavy atom. The molecule has 2 fully saturated rings. The molecule has 0 radical (unpaired) electrons. The van der Waals surface area contributed by atoms with Gasteiger partial charge in [-0.1, -0.05) is 152 Å². The van der Waals surface area contributed by atoms with E-state index in [0.717, 1.165) is 27.0 Å². The monoisotopic (exact) mass is 759 g/mol. The highest BCUT2D eigenvalue weighted by atomic mass is 31.2. The van der Waals surface area contributed by atoms with Crippen LogP contribution >= 0.6 is 7.05 Å². The van der Waals surface area contributed by atoms with Crippen molar-refractivity contribution in [3.8, 4) is 0 Å². The molecule has 0 aliphatic carbocycles. The highest BCUT2D eigenvalue weighted by Crippen LogP contribution is 2.46. The van der Waals surface area contributed by atoms with Crippen LogP contribution in [-0.2, 0) is 32.3 Å². The lowest BCUT2D eigenvalue weighted by Crippen LogP contribution is -2.70. The molecular formula is C42H42N5O7P. The fraction of sp³-hybridized carbons (Fsp3) is 0.190.